The number of fused-ring (bicyclic) bond motifs is 1. The summed E-state index contributed by atoms with van der Waals surface area (Å²) in [5.41, 5.74) is -2.24. The van der Waals surface area contributed by atoms with Gasteiger partial charge in [0.25, 0.3) is 0 Å². The van der Waals surface area contributed by atoms with Gasteiger partial charge < -0.3 is 10.1 Å². The van der Waals surface area contributed by atoms with Gasteiger partial charge in [0, 0.05) is 18.1 Å². The molecule has 0 amide bonds. The van der Waals surface area contributed by atoms with Crippen LogP contribution in [0, 0.1) is 0 Å². The first-order chi connectivity index (χ1) is 18.1. The maximum Gasteiger partial charge on any atom is 0.418 e. The van der Waals surface area contributed by atoms with Crippen LogP contribution in [-0.4, -0.2) is 47.9 Å². The molecule has 0 radical (unpaired) electrons. The van der Waals surface area contributed by atoms with Crippen molar-refractivity contribution >= 4 is 32.4 Å². The number of nitrogens with zero attached hydrogens (tertiary/aromatic N) is 4. The number of methoxy groups -OCH3 is 1. The van der Waals surface area contributed by atoms with Crippen LogP contribution in [0.15, 0.2) is 53.6 Å². The number of sulfone groups is 1. The Hall–Kier alpha value is -4.01. The van der Waals surface area contributed by atoms with Gasteiger partial charge in [0.05, 0.1) is 34.6 Å². The second-order valence-electron chi connectivity index (χ2n) is 8.44. The van der Waals surface area contributed by atoms with Gasteiger partial charge >= 0.3 is 18.4 Å². The molecule has 8 nitrogen and oxygen atoms in total. The smallest absolute Gasteiger partial charge is 0.418 e. The molecular formula is C24H19F6N5O3S. The largest absolute Gasteiger partial charge is 0.467 e. The third-order valence-electron chi connectivity index (χ3n) is 5.71. The fraction of sp³-hybridized carbons (Fsp3) is 0.250. The molecule has 206 valence electrons. The maximum atomic E-state index is 13.6. The van der Waals surface area contributed by atoms with Gasteiger partial charge in [-0.1, -0.05) is 12.1 Å². The molecule has 4 aromatic rings. The number of benzene rings is 1. The monoisotopic (exact) mass is 571 g/mol. The molecule has 0 bridgehead atoms. The van der Waals surface area contributed by atoms with Gasteiger partial charge in [-0.25, -0.2) is 13.4 Å². The Morgan fingerprint density at radius 1 is 0.974 bits per heavy atom. The zero-order valence-corrected chi connectivity index (χ0v) is 21.2. The van der Waals surface area contributed by atoms with E-state index >= 15 is 0 Å². The van der Waals surface area contributed by atoms with E-state index in [9.17, 15) is 34.8 Å². The van der Waals surface area contributed by atoms with Gasteiger partial charge in [-0.15, -0.1) is 0 Å². The number of anilines is 2. The standard InChI is InChI=1S/C24H19F6N5O3S/c1-12(23(25,26)27)13-6-8-14(9-7-13)32-20-18-17(39(3,36)37)11-16(33-21(18)35-22(34-20)38-2)19-15(24(28,29)30)5-4-10-31-19/h4-12H,1-3H3,(H,32,33,34,35). The number of rotatable bonds is 6. The quantitative estimate of drug-likeness (QED) is 0.284. The van der Waals surface area contributed by atoms with Crippen molar-refractivity contribution in [3.63, 3.8) is 0 Å². The summed E-state index contributed by atoms with van der Waals surface area (Å²) in [5, 5.41) is 2.65. The van der Waals surface area contributed by atoms with E-state index in [1.54, 1.807) is 0 Å². The number of ether oxygens (including phenoxy) is 1. The van der Waals surface area contributed by atoms with Crippen LogP contribution in [0.1, 0.15) is 24.0 Å². The van der Waals surface area contributed by atoms with Crippen LogP contribution in [0.3, 0.4) is 0 Å². The Labute approximate surface area is 218 Å². The van der Waals surface area contributed by atoms with Crippen LogP contribution >= 0.6 is 0 Å². The highest BCUT2D eigenvalue weighted by Crippen LogP contribution is 2.39. The Balaban J connectivity index is 1.92. The normalized spacial score (nSPS) is 13.4. The van der Waals surface area contributed by atoms with Gasteiger partial charge in [0.1, 0.15) is 11.5 Å². The summed E-state index contributed by atoms with van der Waals surface area (Å²) in [6.07, 6.45) is -7.31. The van der Waals surface area contributed by atoms with Crippen LogP contribution in [0.2, 0.25) is 0 Å². The second-order valence-corrected chi connectivity index (χ2v) is 10.4. The van der Waals surface area contributed by atoms with E-state index in [1.165, 1.54) is 31.4 Å². The molecule has 4 rings (SSSR count). The van der Waals surface area contributed by atoms with Crippen molar-refractivity contribution in [2.75, 3.05) is 18.7 Å². The minimum atomic E-state index is -4.81. The lowest BCUT2D eigenvalue weighted by molar-refractivity contribution is -0.146. The Morgan fingerprint density at radius 2 is 1.64 bits per heavy atom. The Bertz CT molecular complexity index is 1640. The van der Waals surface area contributed by atoms with E-state index in [-0.39, 0.29) is 34.1 Å². The molecule has 39 heavy (non-hydrogen) atoms. The van der Waals surface area contributed by atoms with E-state index in [4.69, 9.17) is 4.74 Å². The Morgan fingerprint density at radius 3 is 2.21 bits per heavy atom. The number of aromatic nitrogens is 4. The number of pyridine rings is 2. The number of hydrogen-bond acceptors (Lipinski definition) is 8. The summed E-state index contributed by atoms with van der Waals surface area (Å²) in [7, 11) is -2.90. The minimum Gasteiger partial charge on any atom is -0.467 e. The molecule has 0 spiro atoms. The van der Waals surface area contributed by atoms with E-state index in [2.05, 4.69) is 25.3 Å². The second kappa shape index (κ2) is 9.94. The highest BCUT2D eigenvalue weighted by molar-refractivity contribution is 7.91. The number of halogens is 6. The molecule has 1 N–H and O–H groups in total. The molecule has 0 aliphatic carbocycles. The van der Waals surface area contributed by atoms with E-state index in [0.29, 0.717) is 0 Å². The number of alkyl halides is 6. The number of hydrogen-bond donors (Lipinski definition) is 1. The molecule has 3 aromatic heterocycles. The third kappa shape index (κ3) is 5.87. The first-order valence-corrected chi connectivity index (χ1v) is 12.9. The molecule has 0 fully saturated rings. The molecule has 0 saturated heterocycles. The average molecular weight is 572 g/mol. The molecule has 0 saturated carbocycles. The number of nitrogens with one attached hydrogen (secondary N) is 1. The van der Waals surface area contributed by atoms with Crippen LogP contribution in [-0.2, 0) is 16.0 Å². The maximum absolute atomic E-state index is 13.6. The topological polar surface area (TPSA) is 107 Å². The minimum absolute atomic E-state index is 0.00265. The molecule has 1 atom stereocenters. The van der Waals surface area contributed by atoms with Crippen LogP contribution in [0.4, 0.5) is 37.8 Å². The van der Waals surface area contributed by atoms with Crippen molar-refractivity contribution in [2.24, 2.45) is 0 Å². The van der Waals surface area contributed by atoms with Gasteiger partial charge in [-0.2, -0.15) is 36.3 Å². The lowest BCUT2D eigenvalue weighted by atomic mass is 10.0. The molecule has 1 aromatic carbocycles. The summed E-state index contributed by atoms with van der Waals surface area (Å²) in [5.74, 6) is -1.87. The highest BCUT2D eigenvalue weighted by Gasteiger charge is 2.37. The zero-order valence-electron chi connectivity index (χ0n) is 20.4. The molecule has 0 aliphatic rings. The first kappa shape index (κ1) is 28.0. The average Bonchev–Trinajstić information content (AvgIpc) is 2.86. The van der Waals surface area contributed by atoms with Gasteiger partial charge in [-0.3, -0.25) is 4.98 Å². The molecule has 0 aliphatic heterocycles. The molecule has 3 heterocycles. The van der Waals surface area contributed by atoms with Crippen molar-refractivity contribution in [1.82, 2.24) is 19.9 Å². The van der Waals surface area contributed by atoms with Crippen molar-refractivity contribution in [3.05, 3.63) is 59.8 Å². The van der Waals surface area contributed by atoms with Gasteiger partial charge in [0.15, 0.2) is 15.5 Å². The molecule has 1 unspecified atom stereocenters. The molecule has 15 heteroatoms. The van der Waals surface area contributed by atoms with Gasteiger partial charge in [0.2, 0.25) is 0 Å². The van der Waals surface area contributed by atoms with E-state index in [0.717, 1.165) is 37.6 Å². The van der Waals surface area contributed by atoms with Crippen molar-refractivity contribution in [2.45, 2.75) is 30.1 Å². The fourth-order valence-electron chi connectivity index (χ4n) is 3.69. The lowest BCUT2D eigenvalue weighted by Crippen LogP contribution is -2.17. The summed E-state index contributed by atoms with van der Waals surface area (Å²) in [6, 6.07) is 7.67. The highest BCUT2D eigenvalue weighted by atomic mass is 32.2. The summed E-state index contributed by atoms with van der Waals surface area (Å²) in [6.45, 7) is 1.01. The summed E-state index contributed by atoms with van der Waals surface area (Å²) in [4.78, 5) is 15.6. The SMILES string of the molecule is COc1nc(Nc2ccc(C(C)C(F)(F)F)cc2)c2c(S(C)(=O)=O)cc(-c3ncccc3C(F)(F)F)nc2n1. The Kier molecular flexibility index (Phi) is 7.14. The fourth-order valence-corrected chi connectivity index (χ4v) is 4.58. The van der Waals surface area contributed by atoms with Crippen molar-refractivity contribution in [3.8, 4) is 17.4 Å². The van der Waals surface area contributed by atoms with Gasteiger partial charge in [-0.05, 0) is 42.8 Å². The zero-order chi connectivity index (χ0) is 28.8. The van der Waals surface area contributed by atoms with E-state index in [1.807, 2.05) is 0 Å². The van der Waals surface area contributed by atoms with E-state index < -0.39 is 50.0 Å². The predicted octanol–water partition coefficient (Wildman–Crippen LogP) is 5.93. The van der Waals surface area contributed by atoms with Crippen LogP contribution in [0.5, 0.6) is 6.01 Å². The summed E-state index contributed by atoms with van der Waals surface area (Å²) >= 11 is 0. The van der Waals surface area contributed by atoms with Crippen LogP contribution in [0.25, 0.3) is 22.4 Å². The first-order valence-electron chi connectivity index (χ1n) is 11.0. The van der Waals surface area contributed by atoms with Crippen molar-refractivity contribution < 1.29 is 39.5 Å². The van der Waals surface area contributed by atoms with Crippen LogP contribution < -0.4 is 10.1 Å². The summed E-state index contributed by atoms with van der Waals surface area (Å²) < 4.78 is 111. The third-order valence-corrected chi connectivity index (χ3v) is 6.83. The predicted molar refractivity (Wildman–Crippen MR) is 129 cm³/mol. The molecular weight excluding hydrogens is 552 g/mol. The van der Waals surface area contributed by atoms with Crippen molar-refractivity contribution in [1.29, 1.82) is 0 Å². The lowest BCUT2D eigenvalue weighted by Gasteiger charge is -2.17.